The van der Waals surface area contributed by atoms with E-state index in [-0.39, 0.29) is 28.6 Å². The van der Waals surface area contributed by atoms with Crippen molar-refractivity contribution in [1.29, 1.82) is 0 Å². The van der Waals surface area contributed by atoms with Crippen LogP contribution >= 0.6 is 11.6 Å². The molecule has 2 unspecified atom stereocenters. The highest BCUT2D eigenvalue weighted by atomic mass is 35.5. The van der Waals surface area contributed by atoms with Crippen LogP contribution in [-0.2, 0) is 16.2 Å². The van der Waals surface area contributed by atoms with Gasteiger partial charge in [0.05, 0.1) is 39.4 Å². The van der Waals surface area contributed by atoms with Crippen LogP contribution in [0.15, 0.2) is 65.6 Å². The number of nitrogens with one attached hydrogen (secondary N) is 1. The summed E-state index contributed by atoms with van der Waals surface area (Å²) in [7, 11) is -4.30. The zero-order chi connectivity index (χ0) is 27.1. The molecular weight excluding hydrogens is 540 g/mol. The van der Waals surface area contributed by atoms with Crippen molar-refractivity contribution in [2.75, 3.05) is 16.2 Å². The summed E-state index contributed by atoms with van der Waals surface area (Å²) in [6, 6.07) is 10.8. The SMILES string of the molecule is CC(O)C1CN(S(=O)(=O)c2ccc(F)cc2)c2cc(NC(=O)c3c(Cl)cccc3C(F)(F)F)ccc2O1. The van der Waals surface area contributed by atoms with E-state index in [1.54, 1.807) is 0 Å². The average Bonchev–Trinajstić information content (AvgIpc) is 2.82. The van der Waals surface area contributed by atoms with E-state index in [1.165, 1.54) is 25.1 Å². The molecule has 1 aliphatic heterocycles. The second-order valence-corrected chi connectivity index (χ2v) is 10.5. The second-order valence-electron chi connectivity index (χ2n) is 8.18. The van der Waals surface area contributed by atoms with Crippen molar-refractivity contribution >= 4 is 38.9 Å². The first-order valence-corrected chi connectivity index (χ1v) is 12.5. The number of rotatable bonds is 5. The number of hydrogen-bond donors (Lipinski definition) is 2. The highest BCUT2D eigenvalue weighted by Gasteiger charge is 2.38. The molecule has 0 saturated carbocycles. The van der Waals surface area contributed by atoms with Crippen molar-refractivity contribution in [3.8, 4) is 5.75 Å². The van der Waals surface area contributed by atoms with Gasteiger partial charge >= 0.3 is 6.18 Å². The van der Waals surface area contributed by atoms with E-state index in [0.717, 1.165) is 40.7 Å². The molecule has 1 heterocycles. The Hall–Kier alpha value is -3.35. The van der Waals surface area contributed by atoms with Crippen LogP contribution in [0.3, 0.4) is 0 Å². The number of nitrogens with zero attached hydrogens (tertiary/aromatic N) is 1. The zero-order valence-corrected chi connectivity index (χ0v) is 20.5. The fourth-order valence-corrected chi connectivity index (χ4v) is 5.49. The molecular formula is C24H19ClF4N2O5S. The predicted molar refractivity (Wildman–Crippen MR) is 128 cm³/mol. The molecule has 196 valence electrons. The van der Waals surface area contributed by atoms with Gasteiger partial charge in [-0.1, -0.05) is 17.7 Å². The number of ether oxygens (including phenoxy) is 1. The number of hydrogen-bond acceptors (Lipinski definition) is 5. The first-order chi connectivity index (χ1) is 17.3. The lowest BCUT2D eigenvalue weighted by atomic mass is 10.1. The third-order valence-electron chi connectivity index (χ3n) is 5.60. The van der Waals surface area contributed by atoms with Gasteiger partial charge in [0, 0.05) is 5.69 Å². The summed E-state index contributed by atoms with van der Waals surface area (Å²) in [5.41, 5.74) is -2.13. The number of aliphatic hydroxyl groups excluding tert-OH is 1. The Bertz CT molecular complexity index is 1450. The molecule has 0 saturated heterocycles. The van der Waals surface area contributed by atoms with Gasteiger partial charge in [-0.15, -0.1) is 0 Å². The van der Waals surface area contributed by atoms with Gasteiger partial charge in [0.15, 0.2) is 0 Å². The third-order valence-corrected chi connectivity index (χ3v) is 7.70. The molecule has 0 radical (unpaired) electrons. The van der Waals surface area contributed by atoms with Gasteiger partial charge in [-0.05, 0) is 61.5 Å². The van der Waals surface area contributed by atoms with Crippen molar-refractivity contribution in [2.45, 2.75) is 30.2 Å². The largest absolute Gasteiger partial charge is 0.484 e. The number of fused-ring (bicyclic) bond motifs is 1. The molecule has 0 aliphatic carbocycles. The minimum atomic E-state index is -4.85. The van der Waals surface area contributed by atoms with E-state index in [4.69, 9.17) is 16.3 Å². The summed E-state index contributed by atoms with van der Waals surface area (Å²) in [6.07, 6.45) is -6.88. The first kappa shape index (κ1) is 26.7. The maximum absolute atomic E-state index is 13.5. The number of sulfonamides is 1. The quantitative estimate of drug-likeness (QED) is 0.426. The van der Waals surface area contributed by atoms with Crippen LogP contribution < -0.4 is 14.4 Å². The molecule has 13 heteroatoms. The Morgan fingerprint density at radius 3 is 2.46 bits per heavy atom. The summed E-state index contributed by atoms with van der Waals surface area (Å²) < 4.78 is 87.2. The number of benzene rings is 3. The number of anilines is 2. The lowest BCUT2D eigenvalue weighted by molar-refractivity contribution is -0.137. The number of carbonyl (C=O) groups is 1. The highest BCUT2D eigenvalue weighted by Crippen LogP contribution is 2.40. The summed E-state index contributed by atoms with van der Waals surface area (Å²) in [5.74, 6) is -1.77. The van der Waals surface area contributed by atoms with Gasteiger partial charge in [-0.2, -0.15) is 13.2 Å². The average molecular weight is 559 g/mol. The lowest BCUT2D eigenvalue weighted by Gasteiger charge is -2.36. The molecule has 3 aromatic rings. The molecule has 0 aromatic heterocycles. The van der Waals surface area contributed by atoms with Crippen LogP contribution in [-0.4, -0.2) is 38.2 Å². The number of carbonyl (C=O) groups excluding carboxylic acids is 1. The molecule has 2 atom stereocenters. The third kappa shape index (κ3) is 5.36. The van der Waals surface area contributed by atoms with Crippen molar-refractivity contribution in [3.63, 3.8) is 0 Å². The Morgan fingerprint density at radius 2 is 1.84 bits per heavy atom. The summed E-state index contributed by atoms with van der Waals surface area (Å²) >= 11 is 5.90. The van der Waals surface area contributed by atoms with E-state index in [9.17, 15) is 35.9 Å². The number of amides is 1. The van der Waals surface area contributed by atoms with E-state index in [2.05, 4.69) is 5.32 Å². The fourth-order valence-electron chi connectivity index (χ4n) is 3.75. The lowest BCUT2D eigenvalue weighted by Crippen LogP contribution is -2.47. The monoisotopic (exact) mass is 558 g/mol. The van der Waals surface area contributed by atoms with Crippen LogP contribution in [0.2, 0.25) is 5.02 Å². The summed E-state index contributed by atoms with van der Waals surface area (Å²) in [6.45, 7) is 1.08. The molecule has 0 bridgehead atoms. The van der Waals surface area contributed by atoms with Gasteiger partial charge in [-0.25, -0.2) is 12.8 Å². The standard InChI is InChI=1S/C24H19ClF4N2O5S/c1-13(32)21-12-31(37(34,35)16-8-5-14(26)6-9-16)19-11-15(7-10-20(19)36-21)30-23(33)22-17(24(27,28)29)3-2-4-18(22)25/h2-11,13,21,32H,12H2,1H3,(H,30,33). The molecule has 4 rings (SSSR count). The minimum absolute atomic E-state index is 0.0366. The van der Waals surface area contributed by atoms with Gasteiger partial charge in [-0.3, -0.25) is 9.10 Å². The number of aliphatic hydroxyl groups is 1. The smallest absolute Gasteiger partial charge is 0.417 e. The molecule has 2 N–H and O–H groups in total. The van der Waals surface area contributed by atoms with Gasteiger partial charge in [0.25, 0.3) is 15.9 Å². The summed E-state index contributed by atoms with van der Waals surface area (Å²) in [4.78, 5) is 12.6. The van der Waals surface area contributed by atoms with Crippen LogP contribution in [0.4, 0.5) is 28.9 Å². The van der Waals surface area contributed by atoms with E-state index >= 15 is 0 Å². The zero-order valence-electron chi connectivity index (χ0n) is 19.0. The van der Waals surface area contributed by atoms with E-state index < -0.39 is 56.3 Å². The molecule has 0 spiro atoms. The minimum Gasteiger partial charge on any atom is -0.484 e. The van der Waals surface area contributed by atoms with E-state index in [0.29, 0.717) is 6.07 Å². The number of alkyl halides is 3. The molecule has 7 nitrogen and oxygen atoms in total. The molecule has 1 aliphatic rings. The fraction of sp³-hybridized carbons (Fsp3) is 0.208. The normalized spacial score (nSPS) is 16.5. The van der Waals surface area contributed by atoms with Gasteiger partial charge in [0.1, 0.15) is 17.7 Å². The molecule has 37 heavy (non-hydrogen) atoms. The van der Waals surface area contributed by atoms with Crippen molar-refractivity contribution < 1.29 is 40.6 Å². The Kier molecular flexibility index (Phi) is 7.10. The predicted octanol–water partition coefficient (Wildman–Crippen LogP) is 5.09. The topological polar surface area (TPSA) is 95.9 Å². The Labute approximate surface area is 214 Å². The van der Waals surface area contributed by atoms with Crippen LogP contribution in [0.5, 0.6) is 5.75 Å². The number of halogens is 5. The van der Waals surface area contributed by atoms with Gasteiger partial charge < -0.3 is 15.2 Å². The Morgan fingerprint density at radius 1 is 1.16 bits per heavy atom. The van der Waals surface area contributed by atoms with Crippen molar-refractivity contribution in [2.24, 2.45) is 0 Å². The molecule has 1 amide bonds. The summed E-state index contributed by atoms with van der Waals surface area (Å²) in [5, 5.41) is 11.9. The molecule has 0 fully saturated rings. The Balaban J connectivity index is 1.75. The maximum atomic E-state index is 13.5. The second kappa shape index (κ2) is 9.84. The maximum Gasteiger partial charge on any atom is 0.417 e. The molecule has 3 aromatic carbocycles. The van der Waals surface area contributed by atoms with Gasteiger partial charge in [0.2, 0.25) is 0 Å². The van der Waals surface area contributed by atoms with Crippen molar-refractivity contribution in [1.82, 2.24) is 0 Å². The van der Waals surface area contributed by atoms with Crippen LogP contribution in [0, 0.1) is 5.82 Å². The first-order valence-electron chi connectivity index (χ1n) is 10.7. The van der Waals surface area contributed by atoms with Crippen LogP contribution in [0.25, 0.3) is 0 Å². The highest BCUT2D eigenvalue weighted by molar-refractivity contribution is 7.92. The van der Waals surface area contributed by atoms with Crippen LogP contribution in [0.1, 0.15) is 22.8 Å². The van der Waals surface area contributed by atoms with Crippen molar-refractivity contribution in [3.05, 3.63) is 82.6 Å². The van der Waals surface area contributed by atoms with E-state index in [1.807, 2.05) is 0 Å².